The number of aryl methyl sites for hydroxylation is 1. The van der Waals surface area contributed by atoms with Crippen molar-refractivity contribution in [3.63, 3.8) is 0 Å². The Kier molecular flexibility index (Phi) is 4.20. The van der Waals surface area contributed by atoms with Crippen LogP contribution in [0.15, 0.2) is 47.4 Å². The summed E-state index contributed by atoms with van der Waals surface area (Å²) in [6.45, 7) is 1.81. The Morgan fingerprint density at radius 1 is 1.15 bits per heavy atom. The molecule has 0 atom stereocenters. The average Bonchev–Trinajstić information content (AvgIpc) is 2.41. The summed E-state index contributed by atoms with van der Waals surface area (Å²) in [5, 5.41) is 0.336. The van der Waals surface area contributed by atoms with E-state index >= 15 is 0 Å². The highest BCUT2D eigenvalue weighted by Gasteiger charge is 2.20. The van der Waals surface area contributed by atoms with Crippen LogP contribution >= 0.6 is 11.6 Å². The van der Waals surface area contributed by atoms with Crippen LogP contribution in [0.5, 0.6) is 5.75 Å². The van der Waals surface area contributed by atoms with E-state index in [1.54, 1.807) is 42.5 Å². The molecule has 0 aromatic heterocycles. The number of anilines is 1. The van der Waals surface area contributed by atoms with Gasteiger partial charge in [0.05, 0.1) is 17.8 Å². The molecule has 0 fully saturated rings. The number of halogens is 1. The van der Waals surface area contributed by atoms with Crippen LogP contribution in [0.4, 0.5) is 5.69 Å². The monoisotopic (exact) mass is 311 g/mol. The van der Waals surface area contributed by atoms with Crippen LogP contribution in [0.25, 0.3) is 0 Å². The second-order valence-electron chi connectivity index (χ2n) is 4.24. The molecule has 2 aromatic carbocycles. The van der Waals surface area contributed by atoms with Crippen molar-refractivity contribution < 1.29 is 13.2 Å². The van der Waals surface area contributed by atoms with Crippen molar-refractivity contribution in [3.05, 3.63) is 53.1 Å². The van der Waals surface area contributed by atoms with Gasteiger partial charge in [0, 0.05) is 0 Å². The molecule has 0 heterocycles. The lowest BCUT2D eigenvalue weighted by atomic mass is 10.2. The van der Waals surface area contributed by atoms with E-state index in [0.29, 0.717) is 10.7 Å². The number of benzene rings is 2. The Labute approximate surface area is 123 Å². The van der Waals surface area contributed by atoms with E-state index < -0.39 is 10.0 Å². The van der Waals surface area contributed by atoms with Crippen LogP contribution in [0.3, 0.4) is 0 Å². The minimum absolute atomic E-state index is 0.0833. The van der Waals surface area contributed by atoms with Gasteiger partial charge in [0.2, 0.25) is 0 Å². The molecule has 0 unspecified atom stereocenters. The molecule has 0 bridgehead atoms. The predicted octanol–water partition coefficient (Wildman–Crippen LogP) is 3.46. The lowest BCUT2D eigenvalue weighted by Gasteiger charge is -2.13. The molecule has 0 aliphatic rings. The second kappa shape index (κ2) is 5.73. The molecule has 2 rings (SSSR count). The molecule has 2 aromatic rings. The fourth-order valence-electron chi connectivity index (χ4n) is 1.74. The van der Waals surface area contributed by atoms with E-state index in [1.165, 1.54) is 7.11 Å². The van der Waals surface area contributed by atoms with E-state index in [9.17, 15) is 8.42 Å². The van der Waals surface area contributed by atoms with Crippen molar-refractivity contribution in [2.75, 3.05) is 11.8 Å². The lowest BCUT2D eigenvalue weighted by Crippen LogP contribution is -2.14. The summed E-state index contributed by atoms with van der Waals surface area (Å²) >= 11 is 5.96. The maximum Gasteiger partial charge on any atom is 0.265 e. The highest BCUT2D eigenvalue weighted by atomic mass is 35.5. The number of methoxy groups -OCH3 is 1. The third-order valence-corrected chi connectivity index (χ3v) is 4.44. The zero-order chi connectivity index (χ0) is 14.8. The van der Waals surface area contributed by atoms with Crippen LogP contribution in [-0.2, 0) is 10.0 Å². The highest BCUT2D eigenvalue weighted by Crippen LogP contribution is 2.29. The molecular weight excluding hydrogens is 298 g/mol. The van der Waals surface area contributed by atoms with Gasteiger partial charge in [0.1, 0.15) is 10.6 Å². The molecule has 4 nitrogen and oxygen atoms in total. The zero-order valence-electron chi connectivity index (χ0n) is 11.1. The summed E-state index contributed by atoms with van der Waals surface area (Å²) in [5.41, 5.74) is 1.16. The number of hydrogen-bond donors (Lipinski definition) is 1. The summed E-state index contributed by atoms with van der Waals surface area (Å²) in [5.74, 6) is 0.287. The fourth-order valence-corrected chi connectivity index (χ4v) is 3.31. The van der Waals surface area contributed by atoms with Crippen LogP contribution in [0, 0.1) is 6.92 Å². The number of para-hydroxylation sites is 1. The number of ether oxygens (including phenoxy) is 1. The molecule has 1 N–H and O–H groups in total. The SMILES string of the molecule is COc1ccc(C)cc1S(=O)(=O)Nc1ccccc1Cl. The Hall–Kier alpha value is -1.72. The van der Waals surface area contributed by atoms with Crippen molar-refractivity contribution in [2.45, 2.75) is 11.8 Å². The highest BCUT2D eigenvalue weighted by molar-refractivity contribution is 7.92. The van der Waals surface area contributed by atoms with Gasteiger partial charge in [-0.1, -0.05) is 29.8 Å². The van der Waals surface area contributed by atoms with Crippen molar-refractivity contribution in [2.24, 2.45) is 0 Å². The fraction of sp³-hybridized carbons (Fsp3) is 0.143. The first-order chi connectivity index (χ1) is 9.44. The first-order valence-electron chi connectivity index (χ1n) is 5.86. The van der Waals surface area contributed by atoms with Gasteiger partial charge in [0.25, 0.3) is 10.0 Å². The Morgan fingerprint density at radius 2 is 1.85 bits per heavy atom. The van der Waals surface area contributed by atoms with Crippen molar-refractivity contribution in [3.8, 4) is 5.75 Å². The van der Waals surface area contributed by atoms with Gasteiger partial charge >= 0.3 is 0 Å². The van der Waals surface area contributed by atoms with Crippen molar-refractivity contribution in [1.29, 1.82) is 0 Å². The molecule has 0 aliphatic heterocycles. The normalized spacial score (nSPS) is 11.2. The minimum Gasteiger partial charge on any atom is -0.495 e. The van der Waals surface area contributed by atoms with Gasteiger partial charge in [-0.25, -0.2) is 8.42 Å². The van der Waals surface area contributed by atoms with Gasteiger partial charge in [-0.3, -0.25) is 4.72 Å². The lowest BCUT2D eigenvalue weighted by molar-refractivity contribution is 0.402. The molecule has 0 amide bonds. The molecule has 20 heavy (non-hydrogen) atoms. The summed E-state index contributed by atoms with van der Waals surface area (Å²) in [7, 11) is -2.33. The number of nitrogens with one attached hydrogen (secondary N) is 1. The zero-order valence-corrected chi connectivity index (χ0v) is 12.6. The molecular formula is C14H14ClNO3S. The Balaban J connectivity index is 2.46. The van der Waals surface area contributed by atoms with Gasteiger partial charge in [-0.05, 0) is 36.8 Å². The average molecular weight is 312 g/mol. The van der Waals surface area contributed by atoms with Crippen LogP contribution < -0.4 is 9.46 Å². The number of hydrogen-bond acceptors (Lipinski definition) is 3. The Bertz CT molecular complexity index is 729. The first kappa shape index (κ1) is 14.7. The largest absolute Gasteiger partial charge is 0.495 e. The van der Waals surface area contributed by atoms with Gasteiger partial charge < -0.3 is 4.74 Å². The van der Waals surface area contributed by atoms with Crippen LogP contribution in [0.1, 0.15) is 5.56 Å². The van der Waals surface area contributed by atoms with Gasteiger partial charge in [-0.15, -0.1) is 0 Å². The second-order valence-corrected chi connectivity index (χ2v) is 6.30. The number of sulfonamides is 1. The molecule has 0 aliphatic carbocycles. The molecule has 0 saturated carbocycles. The third-order valence-electron chi connectivity index (χ3n) is 2.73. The molecule has 106 valence electrons. The summed E-state index contributed by atoms with van der Waals surface area (Å²) in [4.78, 5) is 0.0833. The maximum absolute atomic E-state index is 12.4. The third kappa shape index (κ3) is 3.05. The van der Waals surface area contributed by atoms with Crippen molar-refractivity contribution >= 4 is 27.3 Å². The van der Waals surface area contributed by atoms with E-state index in [-0.39, 0.29) is 10.6 Å². The van der Waals surface area contributed by atoms with E-state index in [1.807, 2.05) is 6.92 Å². The standard InChI is InChI=1S/C14H14ClNO3S/c1-10-7-8-13(19-2)14(9-10)20(17,18)16-12-6-4-3-5-11(12)15/h3-9,16H,1-2H3. The van der Waals surface area contributed by atoms with Crippen molar-refractivity contribution in [1.82, 2.24) is 0 Å². The molecule has 0 radical (unpaired) electrons. The number of rotatable bonds is 4. The van der Waals surface area contributed by atoms with Gasteiger partial charge in [-0.2, -0.15) is 0 Å². The van der Waals surface area contributed by atoms with Crippen LogP contribution in [-0.4, -0.2) is 15.5 Å². The first-order valence-corrected chi connectivity index (χ1v) is 7.72. The van der Waals surface area contributed by atoms with Gasteiger partial charge in [0.15, 0.2) is 0 Å². The summed E-state index contributed by atoms with van der Waals surface area (Å²) in [6.07, 6.45) is 0. The van der Waals surface area contributed by atoms with E-state index in [0.717, 1.165) is 5.56 Å². The summed E-state index contributed by atoms with van der Waals surface area (Å²) in [6, 6.07) is 11.6. The molecule has 6 heteroatoms. The maximum atomic E-state index is 12.4. The smallest absolute Gasteiger partial charge is 0.265 e. The minimum atomic E-state index is -3.76. The Morgan fingerprint density at radius 3 is 2.50 bits per heavy atom. The van der Waals surface area contributed by atoms with E-state index in [4.69, 9.17) is 16.3 Å². The summed E-state index contributed by atoms with van der Waals surface area (Å²) < 4.78 is 32.4. The van der Waals surface area contributed by atoms with Crippen LogP contribution in [0.2, 0.25) is 5.02 Å². The quantitative estimate of drug-likeness (QED) is 0.940. The topological polar surface area (TPSA) is 55.4 Å². The van der Waals surface area contributed by atoms with E-state index in [2.05, 4.69) is 4.72 Å². The predicted molar refractivity (Wildman–Crippen MR) is 80.0 cm³/mol. The molecule has 0 spiro atoms. The molecule has 0 saturated heterocycles.